The third-order valence-electron chi connectivity index (χ3n) is 2.20. The third-order valence-corrected chi connectivity index (χ3v) is 2.20. The van der Waals surface area contributed by atoms with Crippen LogP contribution >= 0.6 is 0 Å². The molecule has 66 valence electrons. The Labute approximate surface area is 73.7 Å². The lowest BCUT2D eigenvalue weighted by molar-refractivity contribution is -0.127. The predicted octanol–water partition coefficient (Wildman–Crippen LogP) is 1.32. The molecule has 0 spiro atoms. The molecule has 0 unspecified atom stereocenters. The molecular formula is C10H15NO. The van der Waals surface area contributed by atoms with Gasteiger partial charge in [-0.15, -0.1) is 11.8 Å². The molecule has 2 nitrogen and oxygen atoms in total. The van der Waals surface area contributed by atoms with Crippen LogP contribution in [0.2, 0.25) is 0 Å². The second kappa shape index (κ2) is 4.82. The number of carbonyl (C=O) groups excluding carboxylic acids is 1. The van der Waals surface area contributed by atoms with Gasteiger partial charge in [-0.25, -0.2) is 0 Å². The first-order valence-electron chi connectivity index (χ1n) is 4.52. The van der Waals surface area contributed by atoms with E-state index in [9.17, 15) is 4.79 Å². The van der Waals surface area contributed by atoms with Crippen molar-refractivity contribution < 1.29 is 4.79 Å². The van der Waals surface area contributed by atoms with E-state index in [2.05, 4.69) is 17.2 Å². The van der Waals surface area contributed by atoms with Gasteiger partial charge in [0.25, 0.3) is 0 Å². The van der Waals surface area contributed by atoms with Crippen LogP contribution in [0, 0.1) is 17.8 Å². The zero-order valence-corrected chi connectivity index (χ0v) is 7.52. The Balaban J connectivity index is 2.04. The van der Waals surface area contributed by atoms with Crippen molar-refractivity contribution >= 4 is 5.91 Å². The number of carbonyl (C=O) groups is 1. The summed E-state index contributed by atoms with van der Waals surface area (Å²) in [5, 5.41) is 2.88. The SMILES string of the molecule is CC#CCCNC(=O)C1CCC1. The summed E-state index contributed by atoms with van der Waals surface area (Å²) in [4.78, 5) is 11.2. The number of rotatable bonds is 3. The molecule has 0 aliphatic heterocycles. The van der Waals surface area contributed by atoms with Gasteiger partial charge in [-0.2, -0.15) is 0 Å². The Kier molecular flexibility index (Phi) is 3.66. The molecule has 1 N–H and O–H groups in total. The molecule has 0 heterocycles. The number of amides is 1. The fraction of sp³-hybridized carbons (Fsp3) is 0.700. The van der Waals surface area contributed by atoms with Crippen LogP contribution in [-0.4, -0.2) is 12.5 Å². The van der Waals surface area contributed by atoms with E-state index in [4.69, 9.17) is 0 Å². The zero-order valence-electron chi connectivity index (χ0n) is 7.52. The normalized spacial score (nSPS) is 15.8. The second-order valence-corrected chi connectivity index (χ2v) is 3.10. The molecule has 0 bridgehead atoms. The molecule has 12 heavy (non-hydrogen) atoms. The fourth-order valence-corrected chi connectivity index (χ4v) is 1.19. The molecule has 1 amide bonds. The summed E-state index contributed by atoms with van der Waals surface area (Å²) in [5.41, 5.74) is 0. The maximum atomic E-state index is 11.2. The van der Waals surface area contributed by atoms with E-state index >= 15 is 0 Å². The van der Waals surface area contributed by atoms with E-state index in [0.29, 0.717) is 12.5 Å². The monoisotopic (exact) mass is 165 g/mol. The van der Waals surface area contributed by atoms with E-state index < -0.39 is 0 Å². The lowest BCUT2D eigenvalue weighted by Crippen LogP contribution is -2.34. The van der Waals surface area contributed by atoms with E-state index in [1.54, 1.807) is 0 Å². The lowest BCUT2D eigenvalue weighted by atomic mass is 9.85. The first-order chi connectivity index (χ1) is 5.84. The van der Waals surface area contributed by atoms with E-state index in [1.807, 2.05) is 6.92 Å². The van der Waals surface area contributed by atoms with Crippen LogP contribution in [0.4, 0.5) is 0 Å². The number of hydrogen-bond donors (Lipinski definition) is 1. The van der Waals surface area contributed by atoms with E-state index in [1.165, 1.54) is 6.42 Å². The molecule has 0 atom stereocenters. The van der Waals surface area contributed by atoms with Gasteiger partial charge < -0.3 is 5.32 Å². The highest BCUT2D eigenvalue weighted by Crippen LogP contribution is 2.25. The fourth-order valence-electron chi connectivity index (χ4n) is 1.19. The molecule has 1 saturated carbocycles. The Morgan fingerprint density at radius 1 is 1.58 bits per heavy atom. The van der Waals surface area contributed by atoms with Gasteiger partial charge in [-0.3, -0.25) is 4.79 Å². The van der Waals surface area contributed by atoms with Crippen LogP contribution < -0.4 is 5.32 Å². The third kappa shape index (κ3) is 2.58. The minimum absolute atomic E-state index is 0.221. The molecule has 0 aromatic rings. The molecule has 1 aliphatic rings. The summed E-state index contributed by atoms with van der Waals surface area (Å²) in [6.45, 7) is 2.52. The Bertz CT molecular complexity index is 208. The number of hydrogen-bond acceptors (Lipinski definition) is 1. The smallest absolute Gasteiger partial charge is 0.223 e. The van der Waals surface area contributed by atoms with Crippen LogP contribution in [0.1, 0.15) is 32.6 Å². The van der Waals surface area contributed by atoms with Crippen molar-refractivity contribution in [2.45, 2.75) is 32.6 Å². The van der Waals surface area contributed by atoms with E-state index in [-0.39, 0.29) is 5.91 Å². The van der Waals surface area contributed by atoms with Crippen molar-refractivity contribution in [3.05, 3.63) is 0 Å². The van der Waals surface area contributed by atoms with Crippen LogP contribution in [0.25, 0.3) is 0 Å². The van der Waals surface area contributed by atoms with Gasteiger partial charge in [0.2, 0.25) is 5.91 Å². The predicted molar refractivity (Wildman–Crippen MR) is 48.4 cm³/mol. The first-order valence-corrected chi connectivity index (χ1v) is 4.52. The standard InChI is InChI=1S/C10H15NO/c1-2-3-4-8-11-10(12)9-6-5-7-9/h9H,4-8H2,1H3,(H,11,12). The van der Waals surface area contributed by atoms with Gasteiger partial charge in [-0.1, -0.05) is 6.42 Å². The van der Waals surface area contributed by atoms with Gasteiger partial charge in [0.15, 0.2) is 0 Å². The average Bonchev–Trinajstić information content (AvgIpc) is 1.95. The van der Waals surface area contributed by atoms with Crippen molar-refractivity contribution in [2.75, 3.05) is 6.54 Å². The highest BCUT2D eigenvalue weighted by atomic mass is 16.1. The number of nitrogens with one attached hydrogen (secondary N) is 1. The van der Waals surface area contributed by atoms with Crippen LogP contribution in [0.5, 0.6) is 0 Å². The lowest BCUT2D eigenvalue weighted by Gasteiger charge is -2.23. The van der Waals surface area contributed by atoms with Crippen molar-refractivity contribution in [3.8, 4) is 11.8 Å². The Morgan fingerprint density at radius 3 is 2.83 bits per heavy atom. The molecular weight excluding hydrogens is 150 g/mol. The Hall–Kier alpha value is -0.970. The first kappa shape index (κ1) is 9.12. The topological polar surface area (TPSA) is 29.1 Å². The summed E-state index contributed by atoms with van der Waals surface area (Å²) < 4.78 is 0. The van der Waals surface area contributed by atoms with Crippen molar-refractivity contribution in [2.24, 2.45) is 5.92 Å². The molecule has 0 saturated heterocycles. The Morgan fingerprint density at radius 2 is 2.33 bits per heavy atom. The van der Waals surface area contributed by atoms with Crippen LogP contribution in [0.3, 0.4) is 0 Å². The molecule has 1 aliphatic carbocycles. The molecule has 0 radical (unpaired) electrons. The average molecular weight is 165 g/mol. The minimum atomic E-state index is 0.221. The van der Waals surface area contributed by atoms with Gasteiger partial charge in [0.1, 0.15) is 0 Å². The molecule has 0 aromatic heterocycles. The highest BCUT2D eigenvalue weighted by molar-refractivity contribution is 5.79. The van der Waals surface area contributed by atoms with Gasteiger partial charge in [-0.05, 0) is 19.8 Å². The largest absolute Gasteiger partial charge is 0.355 e. The molecule has 1 fully saturated rings. The second-order valence-electron chi connectivity index (χ2n) is 3.10. The summed E-state index contributed by atoms with van der Waals surface area (Å²) in [6, 6.07) is 0. The molecule has 0 aromatic carbocycles. The van der Waals surface area contributed by atoms with E-state index in [0.717, 1.165) is 19.3 Å². The quantitative estimate of drug-likeness (QED) is 0.496. The van der Waals surface area contributed by atoms with Gasteiger partial charge in [0.05, 0.1) is 0 Å². The highest BCUT2D eigenvalue weighted by Gasteiger charge is 2.24. The van der Waals surface area contributed by atoms with Gasteiger partial charge in [0, 0.05) is 18.9 Å². The molecule has 2 heteroatoms. The maximum Gasteiger partial charge on any atom is 0.223 e. The molecule has 1 rings (SSSR count). The zero-order chi connectivity index (χ0) is 8.81. The van der Waals surface area contributed by atoms with Crippen LogP contribution in [-0.2, 0) is 4.79 Å². The summed E-state index contributed by atoms with van der Waals surface area (Å²) in [6.07, 6.45) is 4.14. The summed E-state index contributed by atoms with van der Waals surface area (Å²) in [7, 11) is 0. The van der Waals surface area contributed by atoms with Crippen molar-refractivity contribution in [1.29, 1.82) is 0 Å². The van der Waals surface area contributed by atoms with Crippen LogP contribution in [0.15, 0.2) is 0 Å². The summed E-state index contributed by atoms with van der Waals surface area (Å²) >= 11 is 0. The van der Waals surface area contributed by atoms with Crippen molar-refractivity contribution in [3.63, 3.8) is 0 Å². The summed E-state index contributed by atoms with van der Waals surface area (Å²) in [5.74, 6) is 6.24. The van der Waals surface area contributed by atoms with Crippen molar-refractivity contribution in [1.82, 2.24) is 5.32 Å². The van der Waals surface area contributed by atoms with Gasteiger partial charge >= 0.3 is 0 Å². The minimum Gasteiger partial charge on any atom is -0.355 e. The maximum absolute atomic E-state index is 11.2.